The summed E-state index contributed by atoms with van der Waals surface area (Å²) >= 11 is 12.1. The molecule has 1 aliphatic rings. The van der Waals surface area contributed by atoms with Crippen LogP contribution in [0.2, 0.25) is 10.0 Å². The zero-order valence-electron chi connectivity index (χ0n) is 11.8. The van der Waals surface area contributed by atoms with Gasteiger partial charge in [-0.2, -0.15) is 0 Å². The van der Waals surface area contributed by atoms with E-state index in [0.29, 0.717) is 21.5 Å². The summed E-state index contributed by atoms with van der Waals surface area (Å²) < 4.78 is 0. The number of aliphatic carboxylic acids is 1. The van der Waals surface area contributed by atoms with E-state index < -0.39 is 11.4 Å². The summed E-state index contributed by atoms with van der Waals surface area (Å²) in [4.78, 5) is 11.7. The first-order valence-electron chi connectivity index (χ1n) is 6.64. The summed E-state index contributed by atoms with van der Waals surface area (Å²) in [5.41, 5.74) is 1.83. The van der Waals surface area contributed by atoms with Crippen LogP contribution in [0.3, 0.4) is 0 Å². The van der Waals surface area contributed by atoms with Gasteiger partial charge in [0.25, 0.3) is 0 Å². The van der Waals surface area contributed by atoms with E-state index in [1.54, 1.807) is 12.1 Å². The molecule has 0 saturated heterocycles. The molecule has 0 amide bonds. The Hall–Kier alpha value is -0.990. The Kier molecular flexibility index (Phi) is 4.17. The van der Waals surface area contributed by atoms with E-state index >= 15 is 0 Å². The fraction of sp³-hybridized carbons (Fsp3) is 0.438. The van der Waals surface area contributed by atoms with Gasteiger partial charge in [0.05, 0.1) is 10.0 Å². The Morgan fingerprint density at radius 3 is 2.55 bits per heavy atom. The average molecular weight is 313 g/mol. The maximum atomic E-state index is 11.7. The number of allylic oxidation sites excluding steroid dienone is 1. The third-order valence-corrected chi connectivity index (χ3v) is 4.90. The lowest BCUT2D eigenvalue weighted by Gasteiger charge is -2.39. The van der Waals surface area contributed by atoms with Crippen LogP contribution in [0.4, 0.5) is 0 Å². The second kappa shape index (κ2) is 5.42. The number of hydrogen-bond donors (Lipinski definition) is 1. The standard InChI is InChI=1S/C16H18Cl2O2/c1-9-6-10(2)14(15(19)20)16(3,8-9)11-4-5-12(17)13(18)7-11/h4-5,7,9H,6,8H2,1-3H3,(H,19,20). The number of carboxylic acids is 1. The second-order valence-electron chi connectivity index (χ2n) is 5.93. The molecule has 2 nitrogen and oxygen atoms in total. The number of rotatable bonds is 2. The summed E-state index contributed by atoms with van der Waals surface area (Å²) in [5, 5.41) is 10.5. The maximum absolute atomic E-state index is 11.7. The van der Waals surface area contributed by atoms with Gasteiger partial charge in [0, 0.05) is 11.0 Å². The van der Waals surface area contributed by atoms with Gasteiger partial charge in [-0.15, -0.1) is 0 Å². The van der Waals surface area contributed by atoms with Crippen LogP contribution in [0.5, 0.6) is 0 Å². The molecule has 1 N–H and O–H groups in total. The largest absolute Gasteiger partial charge is 0.478 e. The van der Waals surface area contributed by atoms with Crippen LogP contribution < -0.4 is 0 Å². The van der Waals surface area contributed by atoms with E-state index in [9.17, 15) is 9.90 Å². The van der Waals surface area contributed by atoms with Crippen LogP contribution in [0.1, 0.15) is 39.2 Å². The molecule has 2 unspecified atom stereocenters. The average Bonchev–Trinajstić information content (AvgIpc) is 2.30. The highest BCUT2D eigenvalue weighted by Gasteiger charge is 2.41. The maximum Gasteiger partial charge on any atom is 0.332 e. The quantitative estimate of drug-likeness (QED) is 0.826. The molecule has 2 rings (SSSR count). The van der Waals surface area contributed by atoms with Crippen LogP contribution >= 0.6 is 23.2 Å². The summed E-state index contributed by atoms with van der Waals surface area (Å²) in [7, 11) is 0. The molecule has 2 atom stereocenters. The van der Waals surface area contributed by atoms with E-state index in [2.05, 4.69) is 6.92 Å². The lowest BCUT2D eigenvalue weighted by atomic mass is 9.64. The van der Waals surface area contributed by atoms with Crippen molar-refractivity contribution in [3.63, 3.8) is 0 Å². The lowest BCUT2D eigenvalue weighted by Crippen LogP contribution is -2.35. The molecular formula is C16H18Cl2O2. The fourth-order valence-corrected chi connectivity index (χ4v) is 3.79. The van der Waals surface area contributed by atoms with E-state index in [4.69, 9.17) is 23.2 Å². The molecule has 1 aliphatic carbocycles. The molecule has 0 heterocycles. The minimum atomic E-state index is -0.844. The van der Waals surface area contributed by atoms with Gasteiger partial charge < -0.3 is 5.11 Å². The van der Waals surface area contributed by atoms with Gasteiger partial charge in [0.15, 0.2) is 0 Å². The highest BCUT2D eigenvalue weighted by molar-refractivity contribution is 6.42. The van der Waals surface area contributed by atoms with Crippen molar-refractivity contribution in [2.24, 2.45) is 5.92 Å². The zero-order chi connectivity index (χ0) is 15.1. The number of carboxylic acid groups (broad SMARTS) is 1. The Balaban J connectivity index is 2.62. The Morgan fingerprint density at radius 1 is 1.35 bits per heavy atom. The van der Waals surface area contributed by atoms with Gasteiger partial charge in [-0.05, 0) is 43.4 Å². The van der Waals surface area contributed by atoms with Crippen LogP contribution in [0.25, 0.3) is 0 Å². The second-order valence-corrected chi connectivity index (χ2v) is 6.75. The topological polar surface area (TPSA) is 37.3 Å². The van der Waals surface area contributed by atoms with Crippen molar-refractivity contribution >= 4 is 29.2 Å². The summed E-state index contributed by atoms with van der Waals surface area (Å²) in [6.45, 7) is 6.04. The first-order valence-corrected chi connectivity index (χ1v) is 7.40. The molecule has 0 radical (unpaired) electrons. The number of carbonyl (C=O) groups is 1. The summed E-state index contributed by atoms with van der Waals surface area (Å²) in [5.74, 6) is -0.402. The molecule has 4 heteroatoms. The van der Waals surface area contributed by atoms with Crippen molar-refractivity contribution in [2.45, 2.75) is 39.0 Å². The van der Waals surface area contributed by atoms with Crippen molar-refractivity contribution in [2.75, 3.05) is 0 Å². The Morgan fingerprint density at radius 2 is 2.00 bits per heavy atom. The van der Waals surface area contributed by atoms with E-state index in [0.717, 1.165) is 24.0 Å². The third kappa shape index (κ3) is 2.59. The first-order chi connectivity index (χ1) is 9.25. The van der Waals surface area contributed by atoms with E-state index in [-0.39, 0.29) is 0 Å². The van der Waals surface area contributed by atoms with Gasteiger partial charge in [-0.3, -0.25) is 0 Å². The van der Waals surface area contributed by atoms with Crippen molar-refractivity contribution < 1.29 is 9.90 Å². The van der Waals surface area contributed by atoms with Crippen LogP contribution in [-0.4, -0.2) is 11.1 Å². The predicted octanol–water partition coefficient (Wildman–Crippen LogP) is 5.08. The van der Waals surface area contributed by atoms with Gasteiger partial charge in [-0.25, -0.2) is 4.79 Å². The SMILES string of the molecule is CC1=C(C(=O)O)C(C)(c2ccc(Cl)c(Cl)c2)CC(C)C1. The third-order valence-electron chi connectivity index (χ3n) is 4.16. The van der Waals surface area contributed by atoms with Gasteiger partial charge in [0.1, 0.15) is 0 Å². The Bertz CT molecular complexity index is 592. The zero-order valence-corrected chi connectivity index (χ0v) is 13.3. The highest BCUT2D eigenvalue weighted by Crippen LogP contribution is 2.46. The van der Waals surface area contributed by atoms with Crippen LogP contribution in [0, 0.1) is 5.92 Å². The number of halogens is 2. The normalized spacial score (nSPS) is 26.8. The van der Waals surface area contributed by atoms with Crippen LogP contribution in [0.15, 0.2) is 29.3 Å². The summed E-state index contributed by atoms with van der Waals surface area (Å²) in [6.07, 6.45) is 1.63. The molecule has 0 fully saturated rings. The van der Waals surface area contributed by atoms with Crippen molar-refractivity contribution in [3.05, 3.63) is 45.0 Å². The van der Waals surface area contributed by atoms with Crippen LogP contribution in [-0.2, 0) is 10.2 Å². The van der Waals surface area contributed by atoms with Crippen molar-refractivity contribution in [1.29, 1.82) is 0 Å². The molecule has 0 spiro atoms. The highest BCUT2D eigenvalue weighted by atomic mass is 35.5. The number of hydrogen-bond acceptors (Lipinski definition) is 1. The minimum absolute atomic E-state index is 0.442. The lowest BCUT2D eigenvalue weighted by molar-refractivity contribution is -0.133. The summed E-state index contributed by atoms with van der Waals surface area (Å²) in [6, 6.07) is 5.40. The minimum Gasteiger partial charge on any atom is -0.478 e. The smallest absolute Gasteiger partial charge is 0.332 e. The number of benzene rings is 1. The molecule has 20 heavy (non-hydrogen) atoms. The monoisotopic (exact) mass is 312 g/mol. The molecule has 0 bridgehead atoms. The van der Waals surface area contributed by atoms with Gasteiger partial charge in [-0.1, -0.05) is 48.7 Å². The fourth-order valence-electron chi connectivity index (χ4n) is 3.49. The van der Waals surface area contributed by atoms with Crippen molar-refractivity contribution in [3.8, 4) is 0 Å². The molecule has 1 aromatic carbocycles. The van der Waals surface area contributed by atoms with Gasteiger partial charge >= 0.3 is 5.97 Å². The molecular weight excluding hydrogens is 295 g/mol. The van der Waals surface area contributed by atoms with E-state index in [1.807, 2.05) is 19.9 Å². The molecule has 0 saturated carbocycles. The first kappa shape index (κ1) is 15.4. The van der Waals surface area contributed by atoms with E-state index in [1.165, 1.54) is 0 Å². The molecule has 0 aromatic heterocycles. The predicted molar refractivity (Wildman–Crippen MR) is 82.5 cm³/mol. The van der Waals surface area contributed by atoms with Gasteiger partial charge in [0.2, 0.25) is 0 Å². The molecule has 0 aliphatic heterocycles. The Labute approximate surface area is 129 Å². The molecule has 1 aromatic rings. The molecule has 108 valence electrons. The van der Waals surface area contributed by atoms with Crippen molar-refractivity contribution in [1.82, 2.24) is 0 Å².